The summed E-state index contributed by atoms with van der Waals surface area (Å²) in [6.07, 6.45) is 4.45. The molecule has 18 heavy (non-hydrogen) atoms. The minimum atomic E-state index is -0.0192. The second-order valence-corrected chi connectivity index (χ2v) is 5.43. The molecular formula is C13H22N4O. The smallest absolute Gasteiger partial charge is 0.293 e. The molecule has 1 fully saturated rings. The van der Waals surface area contributed by atoms with E-state index in [1.54, 1.807) is 17.0 Å². The van der Waals surface area contributed by atoms with Crippen molar-refractivity contribution < 1.29 is 0 Å². The van der Waals surface area contributed by atoms with E-state index in [9.17, 15) is 4.79 Å². The number of nitrogens with zero attached hydrogens (tertiary/aromatic N) is 3. The summed E-state index contributed by atoms with van der Waals surface area (Å²) in [6, 6.07) is 0.268. The third-order valence-electron chi connectivity index (χ3n) is 3.72. The standard InChI is InChI=1S/C13H22N4O/c1-9(2)17-7-5-15-12(13(17)18)16-6-4-10(3)11(14)8-16/h5,7,9-11H,4,6,8,14H2,1-3H3. The molecule has 1 aliphatic rings. The maximum absolute atomic E-state index is 12.3. The molecule has 0 radical (unpaired) electrons. The van der Waals surface area contributed by atoms with Gasteiger partial charge in [0.05, 0.1) is 0 Å². The largest absolute Gasteiger partial charge is 0.350 e. The van der Waals surface area contributed by atoms with E-state index in [0.29, 0.717) is 18.3 Å². The minimum Gasteiger partial charge on any atom is -0.350 e. The van der Waals surface area contributed by atoms with E-state index in [4.69, 9.17) is 5.73 Å². The highest BCUT2D eigenvalue weighted by atomic mass is 16.1. The summed E-state index contributed by atoms with van der Waals surface area (Å²) in [5.41, 5.74) is 6.06. The van der Waals surface area contributed by atoms with Gasteiger partial charge in [-0.25, -0.2) is 4.98 Å². The zero-order valence-corrected chi connectivity index (χ0v) is 11.3. The maximum Gasteiger partial charge on any atom is 0.293 e. The van der Waals surface area contributed by atoms with E-state index in [2.05, 4.69) is 11.9 Å². The van der Waals surface area contributed by atoms with Crippen molar-refractivity contribution in [1.82, 2.24) is 9.55 Å². The molecule has 0 saturated carbocycles. The third-order valence-corrected chi connectivity index (χ3v) is 3.72. The summed E-state index contributed by atoms with van der Waals surface area (Å²) in [4.78, 5) is 18.6. The Hall–Kier alpha value is -1.36. The van der Waals surface area contributed by atoms with Gasteiger partial charge in [0.1, 0.15) is 0 Å². The van der Waals surface area contributed by atoms with E-state index in [-0.39, 0.29) is 17.6 Å². The van der Waals surface area contributed by atoms with Crippen LogP contribution >= 0.6 is 0 Å². The lowest BCUT2D eigenvalue weighted by Crippen LogP contribution is -2.49. The molecule has 2 rings (SSSR count). The Kier molecular flexibility index (Phi) is 3.71. The SMILES string of the molecule is CC1CCN(c2nccn(C(C)C)c2=O)CC1N. The summed E-state index contributed by atoms with van der Waals surface area (Å²) >= 11 is 0. The molecule has 1 aromatic rings. The summed E-state index contributed by atoms with van der Waals surface area (Å²) < 4.78 is 1.71. The zero-order valence-electron chi connectivity index (χ0n) is 11.3. The summed E-state index contributed by atoms with van der Waals surface area (Å²) in [7, 11) is 0. The molecule has 5 heteroatoms. The van der Waals surface area contributed by atoms with Crippen molar-refractivity contribution >= 4 is 5.82 Å². The Bertz CT molecular complexity index is 468. The molecule has 2 atom stereocenters. The second-order valence-electron chi connectivity index (χ2n) is 5.43. The van der Waals surface area contributed by atoms with E-state index < -0.39 is 0 Å². The number of nitrogens with two attached hydrogens (primary N) is 1. The van der Waals surface area contributed by atoms with Crippen molar-refractivity contribution in [2.45, 2.75) is 39.3 Å². The van der Waals surface area contributed by atoms with Crippen LogP contribution in [0.4, 0.5) is 5.82 Å². The Labute approximate surface area is 108 Å². The van der Waals surface area contributed by atoms with Gasteiger partial charge in [-0.05, 0) is 26.2 Å². The first-order valence-corrected chi connectivity index (χ1v) is 6.58. The first-order valence-electron chi connectivity index (χ1n) is 6.58. The van der Waals surface area contributed by atoms with E-state index in [1.807, 2.05) is 18.7 Å². The Balaban J connectivity index is 2.29. The quantitative estimate of drug-likeness (QED) is 0.850. The molecule has 5 nitrogen and oxygen atoms in total. The van der Waals surface area contributed by atoms with Gasteiger partial charge in [-0.2, -0.15) is 0 Å². The average molecular weight is 250 g/mol. The predicted molar refractivity (Wildman–Crippen MR) is 72.9 cm³/mol. The zero-order chi connectivity index (χ0) is 13.3. The lowest BCUT2D eigenvalue weighted by atomic mass is 9.94. The highest BCUT2D eigenvalue weighted by Gasteiger charge is 2.25. The van der Waals surface area contributed by atoms with E-state index >= 15 is 0 Å². The van der Waals surface area contributed by atoms with Crippen molar-refractivity contribution in [3.05, 3.63) is 22.7 Å². The lowest BCUT2D eigenvalue weighted by Gasteiger charge is -2.35. The van der Waals surface area contributed by atoms with Gasteiger partial charge in [0, 0.05) is 37.6 Å². The van der Waals surface area contributed by atoms with Crippen LogP contribution in [-0.4, -0.2) is 28.7 Å². The molecule has 1 aromatic heterocycles. The first kappa shape index (κ1) is 13.1. The van der Waals surface area contributed by atoms with Gasteiger partial charge in [0.25, 0.3) is 5.56 Å². The highest BCUT2D eigenvalue weighted by molar-refractivity contribution is 5.37. The third kappa shape index (κ3) is 2.41. The monoisotopic (exact) mass is 250 g/mol. The molecule has 0 bridgehead atoms. The van der Waals surface area contributed by atoms with Gasteiger partial charge >= 0.3 is 0 Å². The van der Waals surface area contributed by atoms with E-state index in [0.717, 1.165) is 13.0 Å². The minimum absolute atomic E-state index is 0.0192. The Morgan fingerprint density at radius 3 is 2.83 bits per heavy atom. The number of anilines is 1. The van der Waals surface area contributed by atoms with Gasteiger partial charge in [-0.3, -0.25) is 4.79 Å². The Morgan fingerprint density at radius 2 is 2.22 bits per heavy atom. The number of piperidine rings is 1. The molecule has 2 heterocycles. The predicted octanol–water partition coefficient (Wildman–Crippen LogP) is 0.998. The van der Waals surface area contributed by atoms with Crippen LogP contribution in [0.25, 0.3) is 0 Å². The fraction of sp³-hybridized carbons (Fsp3) is 0.692. The van der Waals surface area contributed by atoms with Gasteiger partial charge in [-0.1, -0.05) is 6.92 Å². The number of hydrogen-bond donors (Lipinski definition) is 1. The van der Waals surface area contributed by atoms with E-state index in [1.165, 1.54) is 0 Å². The van der Waals surface area contributed by atoms with Crippen LogP contribution in [0.1, 0.15) is 33.2 Å². The van der Waals surface area contributed by atoms with Crippen LogP contribution in [-0.2, 0) is 0 Å². The maximum atomic E-state index is 12.3. The molecular weight excluding hydrogens is 228 g/mol. The average Bonchev–Trinajstić information content (AvgIpc) is 2.33. The van der Waals surface area contributed by atoms with Crippen molar-refractivity contribution in [1.29, 1.82) is 0 Å². The topological polar surface area (TPSA) is 64.2 Å². The molecule has 2 unspecified atom stereocenters. The number of aromatic nitrogens is 2. The number of hydrogen-bond acceptors (Lipinski definition) is 4. The van der Waals surface area contributed by atoms with Crippen molar-refractivity contribution in [3.63, 3.8) is 0 Å². The van der Waals surface area contributed by atoms with Crippen LogP contribution in [0.3, 0.4) is 0 Å². The molecule has 0 spiro atoms. The number of rotatable bonds is 2. The van der Waals surface area contributed by atoms with Crippen LogP contribution in [0.2, 0.25) is 0 Å². The van der Waals surface area contributed by atoms with Gasteiger partial charge in [-0.15, -0.1) is 0 Å². The Morgan fingerprint density at radius 1 is 1.50 bits per heavy atom. The fourth-order valence-electron chi connectivity index (χ4n) is 2.33. The molecule has 0 aromatic carbocycles. The van der Waals surface area contributed by atoms with Crippen molar-refractivity contribution in [2.75, 3.05) is 18.0 Å². The van der Waals surface area contributed by atoms with Crippen molar-refractivity contribution in [3.8, 4) is 0 Å². The van der Waals surface area contributed by atoms with Crippen LogP contribution < -0.4 is 16.2 Å². The fourth-order valence-corrected chi connectivity index (χ4v) is 2.33. The van der Waals surface area contributed by atoms with Crippen molar-refractivity contribution in [2.24, 2.45) is 11.7 Å². The summed E-state index contributed by atoms with van der Waals surface area (Å²) in [6.45, 7) is 7.72. The molecule has 1 saturated heterocycles. The molecule has 0 amide bonds. The summed E-state index contributed by atoms with van der Waals surface area (Å²) in [5.74, 6) is 1.05. The van der Waals surface area contributed by atoms with Crippen LogP contribution in [0, 0.1) is 5.92 Å². The first-order chi connectivity index (χ1) is 8.50. The van der Waals surface area contributed by atoms with Crippen LogP contribution in [0.5, 0.6) is 0 Å². The van der Waals surface area contributed by atoms with Gasteiger partial charge in [0.15, 0.2) is 5.82 Å². The molecule has 1 aliphatic heterocycles. The summed E-state index contributed by atoms with van der Waals surface area (Å²) in [5, 5.41) is 0. The van der Waals surface area contributed by atoms with Gasteiger partial charge in [0.2, 0.25) is 0 Å². The molecule has 100 valence electrons. The lowest BCUT2D eigenvalue weighted by molar-refractivity contribution is 0.376. The second kappa shape index (κ2) is 5.10. The molecule has 2 N–H and O–H groups in total. The van der Waals surface area contributed by atoms with Crippen LogP contribution in [0.15, 0.2) is 17.2 Å². The normalized spacial score (nSPS) is 24.6. The molecule has 0 aliphatic carbocycles. The van der Waals surface area contributed by atoms with Gasteiger partial charge < -0.3 is 15.2 Å². The highest BCUT2D eigenvalue weighted by Crippen LogP contribution is 2.18.